The Hall–Kier alpha value is -2.34. The van der Waals surface area contributed by atoms with Crippen LogP contribution in [0.4, 0.5) is 11.5 Å². The van der Waals surface area contributed by atoms with Crippen molar-refractivity contribution >= 4 is 11.5 Å². The van der Waals surface area contributed by atoms with Gasteiger partial charge in [0.2, 0.25) is 0 Å². The first kappa shape index (κ1) is 10.2. The quantitative estimate of drug-likeness (QED) is 0.827. The van der Waals surface area contributed by atoms with Gasteiger partial charge in [0.15, 0.2) is 0 Å². The Kier molecular flexibility index (Phi) is 2.84. The Morgan fingerprint density at radius 3 is 2.88 bits per heavy atom. The van der Waals surface area contributed by atoms with E-state index in [1.165, 1.54) is 5.56 Å². The van der Waals surface area contributed by atoms with Crippen molar-refractivity contribution < 1.29 is 0 Å². The zero-order valence-electron chi connectivity index (χ0n) is 8.94. The lowest BCUT2D eigenvalue weighted by molar-refractivity contribution is 1.29. The third-order valence-corrected chi connectivity index (χ3v) is 2.18. The van der Waals surface area contributed by atoms with Crippen LogP contribution < -0.4 is 5.32 Å². The Balaban J connectivity index is 2.24. The third kappa shape index (κ3) is 2.37. The normalized spacial score (nSPS) is 9.50. The summed E-state index contributed by atoms with van der Waals surface area (Å²) in [7, 11) is 0. The maximum Gasteiger partial charge on any atom is 0.131 e. The van der Waals surface area contributed by atoms with Gasteiger partial charge in [0.05, 0.1) is 11.6 Å². The molecular weight excluding hydrogens is 198 g/mol. The minimum absolute atomic E-state index is 0.602. The monoisotopic (exact) mass is 209 g/mol. The first-order valence-electron chi connectivity index (χ1n) is 4.98. The molecule has 16 heavy (non-hydrogen) atoms. The van der Waals surface area contributed by atoms with E-state index in [0.29, 0.717) is 11.4 Å². The van der Waals surface area contributed by atoms with Crippen LogP contribution in [-0.4, -0.2) is 4.98 Å². The van der Waals surface area contributed by atoms with Gasteiger partial charge in [0.25, 0.3) is 0 Å². The number of aryl methyl sites for hydroxylation is 1. The second-order valence-corrected chi connectivity index (χ2v) is 3.54. The zero-order chi connectivity index (χ0) is 11.4. The number of pyridine rings is 1. The lowest BCUT2D eigenvalue weighted by atomic mass is 10.2. The topological polar surface area (TPSA) is 48.7 Å². The van der Waals surface area contributed by atoms with E-state index in [1.54, 1.807) is 18.3 Å². The molecule has 0 aliphatic carbocycles. The van der Waals surface area contributed by atoms with Crippen LogP contribution in [0.3, 0.4) is 0 Å². The summed E-state index contributed by atoms with van der Waals surface area (Å²) in [4.78, 5) is 4.15. The number of anilines is 2. The van der Waals surface area contributed by atoms with Crippen LogP contribution in [0.15, 0.2) is 42.6 Å². The number of aromatic nitrogens is 1. The van der Waals surface area contributed by atoms with Gasteiger partial charge in [-0.05, 0) is 36.8 Å². The smallest absolute Gasteiger partial charge is 0.131 e. The zero-order valence-corrected chi connectivity index (χ0v) is 8.94. The standard InChI is InChI=1S/C13H11N3/c1-10-3-2-4-12(7-10)16-13-8-11(9-14)5-6-15-13/h2-8H,1H3,(H,15,16). The second kappa shape index (κ2) is 4.45. The molecule has 0 atom stereocenters. The molecule has 0 aliphatic heterocycles. The van der Waals surface area contributed by atoms with E-state index in [4.69, 9.17) is 5.26 Å². The van der Waals surface area contributed by atoms with Crippen molar-refractivity contribution in [1.29, 1.82) is 5.26 Å². The number of nitriles is 1. The summed E-state index contributed by atoms with van der Waals surface area (Å²) < 4.78 is 0. The molecule has 0 unspecified atom stereocenters. The summed E-state index contributed by atoms with van der Waals surface area (Å²) >= 11 is 0. The van der Waals surface area contributed by atoms with Crippen molar-refractivity contribution in [3.05, 3.63) is 53.7 Å². The summed E-state index contributed by atoms with van der Waals surface area (Å²) in [5.41, 5.74) is 2.76. The second-order valence-electron chi connectivity index (χ2n) is 3.54. The van der Waals surface area contributed by atoms with Gasteiger partial charge in [0.1, 0.15) is 5.82 Å². The van der Waals surface area contributed by atoms with E-state index in [1.807, 2.05) is 31.2 Å². The molecule has 78 valence electrons. The Morgan fingerprint density at radius 2 is 2.12 bits per heavy atom. The fourth-order valence-corrected chi connectivity index (χ4v) is 1.44. The largest absolute Gasteiger partial charge is 0.340 e. The van der Waals surface area contributed by atoms with Gasteiger partial charge in [-0.3, -0.25) is 0 Å². The van der Waals surface area contributed by atoms with E-state index >= 15 is 0 Å². The highest BCUT2D eigenvalue weighted by molar-refractivity contribution is 5.58. The summed E-state index contributed by atoms with van der Waals surface area (Å²) in [6, 6.07) is 13.5. The molecule has 0 amide bonds. The number of nitrogens with zero attached hydrogens (tertiary/aromatic N) is 2. The fraction of sp³-hybridized carbons (Fsp3) is 0.0769. The van der Waals surface area contributed by atoms with Crippen LogP contribution in [0, 0.1) is 18.3 Å². The molecule has 0 aliphatic rings. The van der Waals surface area contributed by atoms with E-state index in [-0.39, 0.29) is 0 Å². The molecule has 0 bridgehead atoms. The van der Waals surface area contributed by atoms with Crippen LogP contribution >= 0.6 is 0 Å². The fourth-order valence-electron chi connectivity index (χ4n) is 1.44. The molecule has 1 aromatic heterocycles. The van der Waals surface area contributed by atoms with Crippen molar-refractivity contribution in [1.82, 2.24) is 4.98 Å². The number of hydrogen-bond acceptors (Lipinski definition) is 3. The number of nitrogens with one attached hydrogen (secondary N) is 1. The number of rotatable bonds is 2. The van der Waals surface area contributed by atoms with Gasteiger partial charge in [-0.25, -0.2) is 4.98 Å². The Morgan fingerprint density at radius 1 is 1.25 bits per heavy atom. The highest BCUT2D eigenvalue weighted by atomic mass is 15.0. The van der Waals surface area contributed by atoms with Crippen molar-refractivity contribution in [2.45, 2.75) is 6.92 Å². The van der Waals surface area contributed by atoms with Crippen LogP contribution in [0.25, 0.3) is 0 Å². The van der Waals surface area contributed by atoms with E-state index in [0.717, 1.165) is 5.69 Å². The molecule has 0 spiro atoms. The van der Waals surface area contributed by atoms with E-state index < -0.39 is 0 Å². The average Bonchev–Trinajstić information content (AvgIpc) is 2.29. The van der Waals surface area contributed by atoms with Crippen LogP contribution in [0.5, 0.6) is 0 Å². The molecule has 3 heteroatoms. The van der Waals surface area contributed by atoms with Gasteiger partial charge in [-0.2, -0.15) is 5.26 Å². The Bertz CT molecular complexity index is 541. The highest BCUT2D eigenvalue weighted by Gasteiger charge is 1.97. The van der Waals surface area contributed by atoms with Crippen molar-refractivity contribution in [3.63, 3.8) is 0 Å². The molecule has 0 fully saturated rings. The van der Waals surface area contributed by atoms with Crippen molar-refractivity contribution in [2.75, 3.05) is 5.32 Å². The van der Waals surface area contributed by atoms with Crippen LogP contribution in [-0.2, 0) is 0 Å². The summed E-state index contributed by atoms with van der Waals surface area (Å²) in [6.45, 7) is 2.03. The summed E-state index contributed by atoms with van der Waals surface area (Å²) in [5.74, 6) is 0.685. The maximum absolute atomic E-state index is 8.77. The summed E-state index contributed by atoms with van der Waals surface area (Å²) in [6.07, 6.45) is 1.62. The van der Waals surface area contributed by atoms with E-state index in [9.17, 15) is 0 Å². The first-order valence-corrected chi connectivity index (χ1v) is 4.98. The Labute approximate surface area is 94.4 Å². The van der Waals surface area contributed by atoms with Crippen LogP contribution in [0.2, 0.25) is 0 Å². The first-order chi connectivity index (χ1) is 7.78. The maximum atomic E-state index is 8.77. The molecule has 1 heterocycles. The number of hydrogen-bond donors (Lipinski definition) is 1. The minimum Gasteiger partial charge on any atom is -0.340 e. The van der Waals surface area contributed by atoms with Crippen molar-refractivity contribution in [2.24, 2.45) is 0 Å². The summed E-state index contributed by atoms with van der Waals surface area (Å²) in [5, 5.41) is 11.9. The minimum atomic E-state index is 0.602. The molecule has 1 N–H and O–H groups in total. The molecule has 0 saturated carbocycles. The molecular formula is C13H11N3. The SMILES string of the molecule is Cc1cccc(Nc2cc(C#N)ccn2)c1. The van der Waals surface area contributed by atoms with Gasteiger partial charge >= 0.3 is 0 Å². The third-order valence-electron chi connectivity index (χ3n) is 2.18. The van der Waals surface area contributed by atoms with E-state index in [2.05, 4.69) is 16.4 Å². The van der Waals surface area contributed by atoms with Crippen molar-refractivity contribution in [3.8, 4) is 6.07 Å². The molecule has 3 nitrogen and oxygen atoms in total. The molecule has 1 aromatic carbocycles. The molecule has 2 aromatic rings. The van der Waals surface area contributed by atoms with Gasteiger partial charge in [-0.1, -0.05) is 12.1 Å². The van der Waals surface area contributed by atoms with Gasteiger partial charge in [0, 0.05) is 11.9 Å². The lowest BCUT2D eigenvalue weighted by Gasteiger charge is -2.05. The van der Waals surface area contributed by atoms with Crippen LogP contribution in [0.1, 0.15) is 11.1 Å². The average molecular weight is 209 g/mol. The molecule has 2 rings (SSSR count). The highest BCUT2D eigenvalue weighted by Crippen LogP contribution is 2.16. The predicted molar refractivity (Wildman–Crippen MR) is 63.4 cm³/mol. The number of benzene rings is 1. The van der Waals surface area contributed by atoms with Gasteiger partial charge in [-0.15, -0.1) is 0 Å². The molecule has 0 radical (unpaired) electrons. The lowest BCUT2D eigenvalue weighted by Crippen LogP contribution is -1.93. The van der Waals surface area contributed by atoms with Gasteiger partial charge < -0.3 is 5.32 Å². The molecule has 0 saturated heterocycles. The predicted octanol–water partition coefficient (Wildman–Crippen LogP) is 3.01.